The largest absolute Gasteiger partial charge is 0.490 e. The smallest absolute Gasteiger partial charge is 0.254 e. The summed E-state index contributed by atoms with van der Waals surface area (Å²) in [6.45, 7) is 3.15. The van der Waals surface area contributed by atoms with Gasteiger partial charge in [-0.3, -0.25) is 4.79 Å². The van der Waals surface area contributed by atoms with Crippen molar-refractivity contribution in [3.05, 3.63) is 63.6 Å². The first-order valence-electron chi connectivity index (χ1n) is 7.94. The van der Waals surface area contributed by atoms with Gasteiger partial charge in [0.2, 0.25) is 0 Å². The molecule has 0 unspecified atom stereocenters. The molecule has 0 N–H and O–H groups in total. The highest BCUT2D eigenvalue weighted by molar-refractivity contribution is 6.37. The number of hydrogen-bond acceptors (Lipinski definition) is 2. The molecule has 128 valence electrons. The molecule has 0 aliphatic rings. The van der Waals surface area contributed by atoms with E-state index in [9.17, 15) is 4.79 Å². The Kier molecular flexibility index (Phi) is 6.95. The van der Waals surface area contributed by atoms with Crippen molar-refractivity contribution in [3.63, 3.8) is 0 Å². The summed E-state index contributed by atoms with van der Waals surface area (Å²) >= 11 is 12.5. The van der Waals surface area contributed by atoms with Crippen molar-refractivity contribution in [3.8, 4) is 5.75 Å². The molecular weight excluding hydrogens is 345 g/mol. The van der Waals surface area contributed by atoms with Crippen LogP contribution in [0.2, 0.25) is 10.0 Å². The van der Waals surface area contributed by atoms with E-state index in [1.54, 1.807) is 24.1 Å². The Balaban J connectivity index is 2.11. The molecule has 0 radical (unpaired) electrons. The molecule has 0 aliphatic heterocycles. The first kappa shape index (κ1) is 18.6. The molecule has 0 bridgehead atoms. The maximum absolute atomic E-state index is 12.6. The second-order valence-electron chi connectivity index (χ2n) is 5.62. The van der Waals surface area contributed by atoms with Gasteiger partial charge in [0.15, 0.2) is 5.75 Å². The molecule has 0 saturated heterocycles. The zero-order chi connectivity index (χ0) is 17.5. The number of hydrogen-bond donors (Lipinski definition) is 0. The summed E-state index contributed by atoms with van der Waals surface area (Å²) in [5.41, 5.74) is 1.51. The molecule has 0 saturated carbocycles. The zero-order valence-corrected chi connectivity index (χ0v) is 15.4. The van der Waals surface area contributed by atoms with Crippen LogP contribution < -0.4 is 4.74 Å². The third kappa shape index (κ3) is 4.89. The van der Waals surface area contributed by atoms with Crippen LogP contribution in [-0.4, -0.2) is 24.5 Å². The number of rotatable bonds is 7. The van der Waals surface area contributed by atoms with E-state index in [0.29, 0.717) is 34.5 Å². The molecule has 3 nitrogen and oxygen atoms in total. The maximum Gasteiger partial charge on any atom is 0.254 e. The van der Waals surface area contributed by atoms with Crippen molar-refractivity contribution in [1.82, 2.24) is 4.90 Å². The van der Waals surface area contributed by atoms with Crippen molar-refractivity contribution in [2.75, 3.05) is 13.7 Å². The summed E-state index contributed by atoms with van der Waals surface area (Å²) in [6, 6.07) is 13.0. The fraction of sp³-hybridized carbons (Fsp3) is 0.316. The van der Waals surface area contributed by atoms with Gasteiger partial charge in [-0.15, -0.1) is 0 Å². The van der Waals surface area contributed by atoms with Crippen LogP contribution in [0.25, 0.3) is 0 Å². The zero-order valence-electron chi connectivity index (χ0n) is 13.9. The quantitative estimate of drug-likeness (QED) is 0.611. The van der Waals surface area contributed by atoms with E-state index < -0.39 is 0 Å². The van der Waals surface area contributed by atoms with Crippen molar-refractivity contribution in [1.29, 1.82) is 0 Å². The van der Waals surface area contributed by atoms with Gasteiger partial charge in [0, 0.05) is 19.2 Å². The molecule has 2 rings (SSSR count). The van der Waals surface area contributed by atoms with E-state index in [4.69, 9.17) is 27.9 Å². The molecule has 5 heteroatoms. The van der Waals surface area contributed by atoms with Crippen LogP contribution >= 0.6 is 23.2 Å². The fourth-order valence-electron chi connectivity index (χ4n) is 2.29. The number of nitrogens with zero attached hydrogens (tertiary/aromatic N) is 1. The molecule has 2 aromatic rings. The van der Waals surface area contributed by atoms with Crippen LogP contribution in [-0.2, 0) is 6.54 Å². The molecule has 0 fully saturated rings. The lowest BCUT2D eigenvalue weighted by Gasteiger charge is -2.18. The molecule has 0 aromatic heterocycles. The van der Waals surface area contributed by atoms with Gasteiger partial charge in [-0.05, 0) is 24.1 Å². The number of benzene rings is 2. The first-order chi connectivity index (χ1) is 11.5. The average Bonchev–Trinajstić information content (AvgIpc) is 2.57. The number of amides is 1. The van der Waals surface area contributed by atoms with Crippen LogP contribution in [0.4, 0.5) is 0 Å². The second-order valence-corrected chi connectivity index (χ2v) is 6.43. The van der Waals surface area contributed by atoms with E-state index in [1.165, 1.54) is 0 Å². The van der Waals surface area contributed by atoms with Crippen molar-refractivity contribution in [2.24, 2.45) is 0 Å². The summed E-state index contributed by atoms with van der Waals surface area (Å²) in [7, 11) is 1.75. The summed E-state index contributed by atoms with van der Waals surface area (Å²) in [6.07, 6.45) is 1.95. The van der Waals surface area contributed by atoms with Gasteiger partial charge in [-0.2, -0.15) is 0 Å². The summed E-state index contributed by atoms with van der Waals surface area (Å²) in [5.74, 6) is 0.303. The van der Waals surface area contributed by atoms with Crippen LogP contribution in [0.1, 0.15) is 35.7 Å². The number of halogens is 2. The Morgan fingerprint density at radius 2 is 1.75 bits per heavy atom. The van der Waals surface area contributed by atoms with Crippen LogP contribution in [0.15, 0.2) is 42.5 Å². The molecule has 2 aromatic carbocycles. The average molecular weight is 366 g/mol. The summed E-state index contributed by atoms with van der Waals surface area (Å²) < 4.78 is 5.61. The maximum atomic E-state index is 12.6. The van der Waals surface area contributed by atoms with Crippen LogP contribution in [0.5, 0.6) is 5.75 Å². The molecular formula is C19H21Cl2NO2. The lowest BCUT2D eigenvalue weighted by molar-refractivity contribution is 0.0785. The topological polar surface area (TPSA) is 29.5 Å². The van der Waals surface area contributed by atoms with E-state index >= 15 is 0 Å². The van der Waals surface area contributed by atoms with Crippen molar-refractivity contribution >= 4 is 29.1 Å². The van der Waals surface area contributed by atoms with Gasteiger partial charge in [0.1, 0.15) is 0 Å². The molecule has 0 aliphatic carbocycles. The Morgan fingerprint density at radius 1 is 1.12 bits per heavy atom. The van der Waals surface area contributed by atoms with Gasteiger partial charge < -0.3 is 9.64 Å². The van der Waals surface area contributed by atoms with E-state index in [-0.39, 0.29) is 5.91 Å². The van der Waals surface area contributed by atoms with Gasteiger partial charge in [0.25, 0.3) is 5.91 Å². The van der Waals surface area contributed by atoms with Gasteiger partial charge in [-0.1, -0.05) is 66.9 Å². The predicted octanol–water partition coefficient (Wildman–Crippen LogP) is 5.44. The van der Waals surface area contributed by atoms with Crippen LogP contribution in [0.3, 0.4) is 0 Å². The Bertz CT molecular complexity index is 666. The van der Waals surface area contributed by atoms with E-state index in [0.717, 1.165) is 18.4 Å². The SMILES string of the molecule is CCCCOc1c(Cl)cc(C(=O)N(C)Cc2ccccc2)cc1Cl. The number of ether oxygens (including phenoxy) is 1. The summed E-state index contributed by atoms with van der Waals surface area (Å²) in [5, 5.41) is 0.713. The van der Waals surface area contributed by atoms with Crippen LogP contribution in [0, 0.1) is 0 Å². The predicted molar refractivity (Wildman–Crippen MR) is 99.1 cm³/mol. The minimum Gasteiger partial charge on any atom is -0.490 e. The van der Waals surface area contributed by atoms with Gasteiger partial charge >= 0.3 is 0 Å². The minimum absolute atomic E-state index is 0.136. The third-order valence-electron chi connectivity index (χ3n) is 3.60. The standard InChI is InChI=1S/C19H21Cl2NO2/c1-3-4-10-24-18-16(20)11-15(12-17(18)21)19(23)22(2)13-14-8-6-5-7-9-14/h5-9,11-12H,3-4,10,13H2,1-2H3. The van der Waals surface area contributed by atoms with E-state index in [1.807, 2.05) is 30.3 Å². The normalized spacial score (nSPS) is 10.5. The highest BCUT2D eigenvalue weighted by atomic mass is 35.5. The monoisotopic (exact) mass is 365 g/mol. The van der Waals surface area contributed by atoms with Crippen molar-refractivity contribution < 1.29 is 9.53 Å². The number of unbranched alkanes of at least 4 members (excludes halogenated alkanes) is 1. The molecule has 0 spiro atoms. The molecule has 0 heterocycles. The Morgan fingerprint density at radius 3 is 2.33 bits per heavy atom. The lowest BCUT2D eigenvalue weighted by atomic mass is 10.1. The Labute approximate surface area is 153 Å². The highest BCUT2D eigenvalue weighted by Gasteiger charge is 2.17. The lowest BCUT2D eigenvalue weighted by Crippen LogP contribution is -2.26. The second kappa shape index (κ2) is 8.95. The van der Waals surface area contributed by atoms with Gasteiger partial charge in [0.05, 0.1) is 16.7 Å². The fourth-order valence-corrected chi connectivity index (χ4v) is 2.89. The third-order valence-corrected chi connectivity index (χ3v) is 4.16. The number of carbonyl (C=O) groups excluding carboxylic acids is 1. The first-order valence-corrected chi connectivity index (χ1v) is 8.69. The Hall–Kier alpha value is -1.71. The van der Waals surface area contributed by atoms with Crippen molar-refractivity contribution in [2.45, 2.75) is 26.3 Å². The molecule has 24 heavy (non-hydrogen) atoms. The highest BCUT2D eigenvalue weighted by Crippen LogP contribution is 2.34. The van der Waals surface area contributed by atoms with Gasteiger partial charge in [-0.25, -0.2) is 0 Å². The molecule has 0 atom stereocenters. The summed E-state index contributed by atoms with van der Waals surface area (Å²) in [4.78, 5) is 14.2. The number of carbonyl (C=O) groups is 1. The van der Waals surface area contributed by atoms with E-state index in [2.05, 4.69) is 6.92 Å². The minimum atomic E-state index is -0.136. The molecule has 1 amide bonds.